The van der Waals surface area contributed by atoms with E-state index in [1.807, 2.05) is 36.5 Å². The second-order valence-electron chi connectivity index (χ2n) is 7.07. The summed E-state index contributed by atoms with van der Waals surface area (Å²) in [6, 6.07) is 10.4. The van der Waals surface area contributed by atoms with Crippen LogP contribution in [0.3, 0.4) is 0 Å². The van der Waals surface area contributed by atoms with Gasteiger partial charge in [0.25, 0.3) is 0 Å². The molecule has 1 aliphatic heterocycles. The monoisotopic (exact) mass is 400 g/mol. The Hall–Kier alpha value is -3.63. The highest BCUT2D eigenvalue weighted by Gasteiger charge is 2.16. The standard InChI is InChI=1S/C23H24N6O/c1-3-17-13-26-23(15-25-17)29-22-12-21(28-18-8-10-24-11-9-18)20(14-27-22)16-4-6-19(30-2)7-5-16/h1,4-7,12-15,18,24H,8-11H2,2H3,(H2,26,27,28,29). The maximum Gasteiger partial charge on any atom is 0.150 e. The van der Waals surface area contributed by atoms with Crippen LogP contribution in [0.15, 0.2) is 48.9 Å². The molecule has 0 spiro atoms. The third-order valence-corrected chi connectivity index (χ3v) is 5.06. The first-order valence-corrected chi connectivity index (χ1v) is 9.92. The summed E-state index contributed by atoms with van der Waals surface area (Å²) in [6.07, 6.45) is 12.5. The van der Waals surface area contributed by atoms with Crippen LogP contribution in [0.1, 0.15) is 18.5 Å². The van der Waals surface area contributed by atoms with Crippen molar-refractivity contribution in [3.63, 3.8) is 0 Å². The van der Waals surface area contributed by atoms with Gasteiger partial charge in [-0.25, -0.2) is 15.0 Å². The van der Waals surface area contributed by atoms with Crippen molar-refractivity contribution in [1.82, 2.24) is 20.3 Å². The van der Waals surface area contributed by atoms with Gasteiger partial charge in [0.2, 0.25) is 0 Å². The lowest BCUT2D eigenvalue weighted by Crippen LogP contribution is -2.35. The normalized spacial score (nSPS) is 14.0. The van der Waals surface area contributed by atoms with Crippen LogP contribution in [0, 0.1) is 12.3 Å². The van der Waals surface area contributed by atoms with Gasteiger partial charge < -0.3 is 20.7 Å². The fraction of sp³-hybridized carbons (Fsp3) is 0.261. The van der Waals surface area contributed by atoms with Crippen LogP contribution in [-0.4, -0.2) is 41.2 Å². The average Bonchev–Trinajstić information content (AvgIpc) is 2.81. The first-order valence-electron chi connectivity index (χ1n) is 9.92. The molecule has 3 aromatic rings. The summed E-state index contributed by atoms with van der Waals surface area (Å²) in [4.78, 5) is 13.0. The molecule has 0 amide bonds. The average molecular weight is 400 g/mol. The Kier molecular flexibility index (Phi) is 6.06. The van der Waals surface area contributed by atoms with E-state index >= 15 is 0 Å². The van der Waals surface area contributed by atoms with Crippen LogP contribution in [-0.2, 0) is 0 Å². The van der Waals surface area contributed by atoms with Crippen molar-refractivity contribution in [2.45, 2.75) is 18.9 Å². The van der Waals surface area contributed by atoms with Gasteiger partial charge in [-0.1, -0.05) is 12.1 Å². The van der Waals surface area contributed by atoms with Crippen molar-refractivity contribution < 1.29 is 4.74 Å². The van der Waals surface area contributed by atoms with Crippen LogP contribution in [0.4, 0.5) is 17.3 Å². The SMILES string of the molecule is C#Cc1cnc(Nc2cc(NC3CCNCC3)c(-c3ccc(OC)cc3)cn2)cn1. The first-order chi connectivity index (χ1) is 14.7. The van der Waals surface area contributed by atoms with E-state index in [4.69, 9.17) is 11.2 Å². The van der Waals surface area contributed by atoms with Gasteiger partial charge in [-0.15, -0.1) is 6.42 Å². The van der Waals surface area contributed by atoms with Crippen LogP contribution < -0.4 is 20.7 Å². The molecule has 0 bridgehead atoms. The van der Waals surface area contributed by atoms with Gasteiger partial charge in [-0.3, -0.25) is 0 Å². The number of rotatable bonds is 6. The third kappa shape index (κ3) is 4.67. The van der Waals surface area contributed by atoms with Gasteiger partial charge in [0.15, 0.2) is 0 Å². The molecule has 3 heterocycles. The van der Waals surface area contributed by atoms with Crippen molar-refractivity contribution in [1.29, 1.82) is 0 Å². The molecule has 152 valence electrons. The molecule has 7 nitrogen and oxygen atoms in total. The fourth-order valence-corrected chi connectivity index (χ4v) is 3.43. The Morgan fingerprint density at radius 3 is 2.47 bits per heavy atom. The number of ether oxygens (including phenoxy) is 1. The zero-order valence-corrected chi connectivity index (χ0v) is 16.9. The molecule has 30 heavy (non-hydrogen) atoms. The molecule has 1 saturated heterocycles. The van der Waals surface area contributed by atoms with E-state index in [0.29, 0.717) is 23.4 Å². The Balaban J connectivity index is 1.63. The van der Waals surface area contributed by atoms with Crippen LogP contribution in [0.5, 0.6) is 5.75 Å². The lowest BCUT2D eigenvalue weighted by atomic mass is 10.0. The van der Waals surface area contributed by atoms with Crippen molar-refractivity contribution in [3.8, 4) is 29.2 Å². The second kappa shape index (κ2) is 9.25. The summed E-state index contributed by atoms with van der Waals surface area (Å²) < 4.78 is 5.29. The number of hydrogen-bond donors (Lipinski definition) is 3. The predicted molar refractivity (Wildman–Crippen MR) is 119 cm³/mol. The number of pyridine rings is 1. The van der Waals surface area contributed by atoms with E-state index in [1.165, 1.54) is 0 Å². The van der Waals surface area contributed by atoms with E-state index in [0.717, 1.165) is 48.5 Å². The molecule has 1 aliphatic rings. The minimum atomic E-state index is 0.410. The van der Waals surface area contributed by atoms with Crippen molar-refractivity contribution >= 4 is 17.3 Å². The maximum atomic E-state index is 5.35. The lowest BCUT2D eigenvalue weighted by Gasteiger charge is -2.26. The minimum Gasteiger partial charge on any atom is -0.497 e. The van der Waals surface area contributed by atoms with E-state index in [2.05, 4.69) is 36.8 Å². The summed E-state index contributed by atoms with van der Waals surface area (Å²) in [5.74, 6) is 4.57. The number of nitrogens with zero attached hydrogens (tertiary/aromatic N) is 3. The zero-order chi connectivity index (χ0) is 20.8. The summed E-state index contributed by atoms with van der Waals surface area (Å²) in [6.45, 7) is 2.03. The van der Waals surface area contributed by atoms with Gasteiger partial charge in [-0.2, -0.15) is 0 Å². The highest BCUT2D eigenvalue weighted by Crippen LogP contribution is 2.32. The van der Waals surface area contributed by atoms with E-state index in [1.54, 1.807) is 19.5 Å². The quantitative estimate of drug-likeness (QED) is 0.547. The number of benzene rings is 1. The molecule has 1 aromatic carbocycles. The molecule has 0 aliphatic carbocycles. The predicted octanol–water partition coefficient (Wildman–Crippen LogP) is 3.44. The third-order valence-electron chi connectivity index (χ3n) is 5.06. The van der Waals surface area contributed by atoms with Crippen LogP contribution in [0.25, 0.3) is 11.1 Å². The number of methoxy groups -OCH3 is 1. The molecule has 0 atom stereocenters. The Labute approximate surface area is 176 Å². The summed E-state index contributed by atoms with van der Waals surface area (Å²) in [5.41, 5.74) is 3.63. The number of hydrogen-bond acceptors (Lipinski definition) is 7. The second-order valence-corrected chi connectivity index (χ2v) is 7.07. The van der Waals surface area contributed by atoms with Gasteiger partial charge in [0, 0.05) is 29.6 Å². The number of nitrogens with one attached hydrogen (secondary N) is 3. The van der Waals surface area contributed by atoms with Gasteiger partial charge >= 0.3 is 0 Å². The van der Waals surface area contributed by atoms with Gasteiger partial charge in [0.05, 0.1) is 19.5 Å². The van der Waals surface area contributed by atoms with Crippen molar-refractivity contribution in [3.05, 3.63) is 54.6 Å². The minimum absolute atomic E-state index is 0.410. The van der Waals surface area contributed by atoms with Crippen molar-refractivity contribution in [2.24, 2.45) is 0 Å². The Bertz CT molecular complexity index is 1020. The zero-order valence-electron chi connectivity index (χ0n) is 16.9. The highest BCUT2D eigenvalue weighted by atomic mass is 16.5. The Morgan fingerprint density at radius 1 is 1.03 bits per heavy atom. The summed E-state index contributed by atoms with van der Waals surface area (Å²) >= 11 is 0. The van der Waals surface area contributed by atoms with E-state index in [9.17, 15) is 0 Å². The molecular formula is C23H24N6O. The maximum absolute atomic E-state index is 5.35. The van der Waals surface area contributed by atoms with E-state index < -0.39 is 0 Å². The molecule has 1 fully saturated rings. The molecule has 4 rings (SSSR count). The summed E-state index contributed by atoms with van der Waals surface area (Å²) in [7, 11) is 1.67. The number of aromatic nitrogens is 3. The molecule has 3 N–H and O–H groups in total. The number of anilines is 3. The number of terminal acetylenes is 1. The smallest absolute Gasteiger partial charge is 0.150 e. The molecule has 0 radical (unpaired) electrons. The van der Waals surface area contributed by atoms with Crippen molar-refractivity contribution in [2.75, 3.05) is 30.8 Å². The fourth-order valence-electron chi connectivity index (χ4n) is 3.43. The van der Waals surface area contributed by atoms with Gasteiger partial charge in [0.1, 0.15) is 23.1 Å². The molecule has 0 unspecified atom stereocenters. The van der Waals surface area contributed by atoms with Crippen LogP contribution in [0.2, 0.25) is 0 Å². The summed E-state index contributed by atoms with van der Waals surface area (Å²) in [5, 5.41) is 10.3. The van der Waals surface area contributed by atoms with Crippen LogP contribution >= 0.6 is 0 Å². The molecule has 2 aromatic heterocycles. The lowest BCUT2D eigenvalue weighted by molar-refractivity contribution is 0.415. The van der Waals surface area contributed by atoms with Gasteiger partial charge in [-0.05, 0) is 49.5 Å². The number of piperidine rings is 1. The molecular weight excluding hydrogens is 376 g/mol. The Morgan fingerprint density at radius 2 is 1.80 bits per heavy atom. The first kappa shape index (κ1) is 19.7. The largest absolute Gasteiger partial charge is 0.497 e. The molecule has 7 heteroatoms. The van der Waals surface area contributed by atoms with E-state index in [-0.39, 0.29) is 0 Å². The topological polar surface area (TPSA) is 84.0 Å². The molecule has 0 saturated carbocycles. The highest BCUT2D eigenvalue weighted by molar-refractivity contribution is 5.80.